The Kier molecular flexibility index (Phi) is 4.10. The molecule has 20 heavy (non-hydrogen) atoms. The molecular formula is C15H22N2O2S. The Bertz CT molecular complexity index is 462. The van der Waals surface area contributed by atoms with Gasteiger partial charge in [0.2, 0.25) is 5.91 Å². The normalized spacial score (nSPS) is 27.9. The molecule has 0 aromatic carbocycles. The fourth-order valence-electron chi connectivity index (χ4n) is 3.29. The number of carbonyl (C=O) groups is 1. The second-order valence-corrected chi connectivity index (χ2v) is 7.07. The zero-order valence-electron chi connectivity index (χ0n) is 12.0. The van der Waals surface area contributed by atoms with Crippen molar-refractivity contribution in [3.8, 4) is 0 Å². The van der Waals surface area contributed by atoms with Crippen molar-refractivity contribution >= 4 is 17.2 Å². The van der Waals surface area contributed by atoms with Crippen LogP contribution in [-0.2, 0) is 16.1 Å². The van der Waals surface area contributed by atoms with Gasteiger partial charge in [0.1, 0.15) is 0 Å². The van der Waals surface area contributed by atoms with Crippen LogP contribution in [0.5, 0.6) is 0 Å². The number of likely N-dealkylation sites (tertiary alicyclic amines) is 1. The van der Waals surface area contributed by atoms with E-state index in [0.717, 1.165) is 45.8 Å². The van der Waals surface area contributed by atoms with Crippen molar-refractivity contribution in [3.63, 3.8) is 0 Å². The lowest BCUT2D eigenvalue weighted by Crippen LogP contribution is -2.42. The minimum absolute atomic E-state index is 0.138. The molecule has 2 aliphatic heterocycles. The van der Waals surface area contributed by atoms with Crippen molar-refractivity contribution in [2.45, 2.75) is 19.9 Å². The minimum atomic E-state index is 0.138. The number of thiophene rings is 1. The molecule has 4 nitrogen and oxygen atoms in total. The third kappa shape index (κ3) is 3.05. The molecule has 3 rings (SSSR count). The Labute approximate surface area is 124 Å². The van der Waals surface area contributed by atoms with Gasteiger partial charge in [0.05, 0.1) is 13.2 Å². The van der Waals surface area contributed by atoms with E-state index in [9.17, 15) is 4.79 Å². The molecule has 0 bridgehead atoms. The molecule has 2 saturated heterocycles. The van der Waals surface area contributed by atoms with E-state index in [4.69, 9.17) is 4.74 Å². The van der Waals surface area contributed by atoms with Crippen LogP contribution in [-0.4, -0.2) is 55.1 Å². The molecule has 3 heterocycles. The first-order chi connectivity index (χ1) is 9.67. The molecule has 1 spiro atoms. The van der Waals surface area contributed by atoms with Crippen molar-refractivity contribution < 1.29 is 9.53 Å². The summed E-state index contributed by atoms with van der Waals surface area (Å²) in [5.41, 5.74) is 0.138. The van der Waals surface area contributed by atoms with Gasteiger partial charge in [-0.05, 0) is 24.4 Å². The van der Waals surface area contributed by atoms with Crippen molar-refractivity contribution in [1.29, 1.82) is 0 Å². The molecule has 1 atom stereocenters. The van der Waals surface area contributed by atoms with Crippen molar-refractivity contribution in [3.05, 3.63) is 22.4 Å². The number of ether oxygens (including phenoxy) is 1. The van der Waals surface area contributed by atoms with Gasteiger partial charge in [-0.1, -0.05) is 6.07 Å². The zero-order valence-corrected chi connectivity index (χ0v) is 12.8. The highest BCUT2D eigenvalue weighted by molar-refractivity contribution is 7.09. The Balaban J connectivity index is 1.65. The maximum absolute atomic E-state index is 11.7. The summed E-state index contributed by atoms with van der Waals surface area (Å²) in [6, 6.07) is 4.30. The molecule has 0 N–H and O–H groups in total. The average molecular weight is 294 g/mol. The van der Waals surface area contributed by atoms with E-state index in [-0.39, 0.29) is 11.3 Å². The first-order valence-electron chi connectivity index (χ1n) is 7.25. The summed E-state index contributed by atoms with van der Waals surface area (Å²) in [6.45, 7) is 7.88. The van der Waals surface area contributed by atoms with Crippen molar-refractivity contribution in [1.82, 2.24) is 9.80 Å². The van der Waals surface area contributed by atoms with Crippen molar-refractivity contribution in [2.24, 2.45) is 5.41 Å². The first kappa shape index (κ1) is 14.0. The Morgan fingerprint density at radius 3 is 3.10 bits per heavy atom. The molecule has 1 amide bonds. The number of nitrogens with zero attached hydrogens (tertiary/aromatic N) is 2. The number of amides is 1. The molecule has 0 saturated carbocycles. The first-order valence-corrected chi connectivity index (χ1v) is 8.13. The van der Waals surface area contributed by atoms with Gasteiger partial charge in [0, 0.05) is 43.4 Å². The van der Waals surface area contributed by atoms with Gasteiger partial charge < -0.3 is 9.64 Å². The lowest BCUT2D eigenvalue weighted by molar-refractivity contribution is -0.129. The summed E-state index contributed by atoms with van der Waals surface area (Å²) in [7, 11) is 0. The van der Waals surface area contributed by atoms with Crippen molar-refractivity contribution in [2.75, 3.05) is 39.4 Å². The monoisotopic (exact) mass is 294 g/mol. The molecule has 0 unspecified atom stereocenters. The van der Waals surface area contributed by atoms with E-state index in [1.807, 2.05) is 16.2 Å². The van der Waals surface area contributed by atoms with Crippen LogP contribution >= 0.6 is 11.3 Å². The maximum Gasteiger partial charge on any atom is 0.219 e. The maximum atomic E-state index is 11.7. The van der Waals surface area contributed by atoms with Crippen LogP contribution in [0, 0.1) is 5.41 Å². The predicted octanol–water partition coefficient (Wildman–Crippen LogP) is 1.82. The molecular weight excluding hydrogens is 272 g/mol. The average Bonchev–Trinajstić information content (AvgIpc) is 2.99. The lowest BCUT2D eigenvalue weighted by atomic mass is 9.87. The Hall–Kier alpha value is -0.910. The van der Waals surface area contributed by atoms with E-state index >= 15 is 0 Å². The molecule has 5 heteroatoms. The Morgan fingerprint density at radius 1 is 1.45 bits per heavy atom. The number of carbonyl (C=O) groups excluding carboxylic acids is 1. The van der Waals surface area contributed by atoms with Crippen LogP contribution in [0.3, 0.4) is 0 Å². The van der Waals surface area contributed by atoms with E-state index in [2.05, 4.69) is 22.4 Å². The molecule has 0 radical (unpaired) electrons. The van der Waals surface area contributed by atoms with Crippen LogP contribution in [0.15, 0.2) is 17.5 Å². The van der Waals surface area contributed by atoms with E-state index in [0.29, 0.717) is 6.61 Å². The number of hydrogen-bond donors (Lipinski definition) is 0. The number of hydrogen-bond acceptors (Lipinski definition) is 4. The second-order valence-electron chi connectivity index (χ2n) is 6.03. The summed E-state index contributed by atoms with van der Waals surface area (Å²) in [4.78, 5) is 17.6. The van der Waals surface area contributed by atoms with Crippen LogP contribution in [0.2, 0.25) is 0 Å². The quantitative estimate of drug-likeness (QED) is 0.834. The van der Waals surface area contributed by atoms with Crippen LogP contribution in [0.1, 0.15) is 18.2 Å². The third-order valence-electron chi connectivity index (χ3n) is 4.36. The van der Waals surface area contributed by atoms with Crippen LogP contribution in [0.4, 0.5) is 0 Å². The second kappa shape index (κ2) is 5.84. The standard InChI is InChI=1S/C15H22N2O2S/c1-13(18)17-6-7-19-12-15(11-17)4-5-16(10-15)9-14-3-2-8-20-14/h2-3,8H,4-7,9-12H2,1H3/t15-/m1/s1. The summed E-state index contributed by atoms with van der Waals surface area (Å²) in [5, 5.41) is 2.13. The van der Waals surface area contributed by atoms with Gasteiger partial charge >= 0.3 is 0 Å². The van der Waals surface area contributed by atoms with Crippen LogP contribution in [0.25, 0.3) is 0 Å². The Morgan fingerprint density at radius 2 is 2.35 bits per heavy atom. The van der Waals surface area contributed by atoms with E-state index < -0.39 is 0 Å². The van der Waals surface area contributed by atoms with Crippen LogP contribution < -0.4 is 0 Å². The predicted molar refractivity (Wildman–Crippen MR) is 79.7 cm³/mol. The number of rotatable bonds is 2. The van der Waals surface area contributed by atoms with E-state index in [1.165, 1.54) is 4.88 Å². The summed E-state index contributed by atoms with van der Waals surface area (Å²) < 4.78 is 5.78. The lowest BCUT2D eigenvalue weighted by Gasteiger charge is -2.31. The molecule has 1 aromatic heterocycles. The summed E-state index contributed by atoms with van der Waals surface area (Å²) >= 11 is 1.82. The highest BCUT2D eigenvalue weighted by atomic mass is 32.1. The fraction of sp³-hybridized carbons (Fsp3) is 0.667. The summed E-state index contributed by atoms with van der Waals surface area (Å²) in [6.07, 6.45) is 1.13. The van der Waals surface area contributed by atoms with Gasteiger partial charge in [0.15, 0.2) is 0 Å². The van der Waals surface area contributed by atoms with Gasteiger partial charge in [-0.2, -0.15) is 0 Å². The van der Waals surface area contributed by atoms with Gasteiger partial charge in [-0.3, -0.25) is 9.69 Å². The topological polar surface area (TPSA) is 32.8 Å². The largest absolute Gasteiger partial charge is 0.379 e. The highest BCUT2D eigenvalue weighted by Crippen LogP contribution is 2.34. The molecule has 1 aromatic rings. The molecule has 2 aliphatic rings. The van der Waals surface area contributed by atoms with Gasteiger partial charge in [-0.15, -0.1) is 11.3 Å². The zero-order chi connectivity index (χ0) is 14.0. The third-order valence-corrected chi connectivity index (χ3v) is 5.22. The molecule has 0 aliphatic carbocycles. The SMILES string of the molecule is CC(=O)N1CCOC[C@@]2(CCN(Cc3cccs3)C2)C1. The molecule has 110 valence electrons. The van der Waals surface area contributed by atoms with Gasteiger partial charge in [0.25, 0.3) is 0 Å². The fourth-order valence-corrected chi connectivity index (χ4v) is 4.04. The molecule has 2 fully saturated rings. The minimum Gasteiger partial charge on any atom is -0.379 e. The van der Waals surface area contributed by atoms with Gasteiger partial charge in [-0.25, -0.2) is 0 Å². The van der Waals surface area contributed by atoms with E-state index in [1.54, 1.807) is 6.92 Å². The smallest absolute Gasteiger partial charge is 0.219 e. The highest BCUT2D eigenvalue weighted by Gasteiger charge is 2.41. The summed E-state index contributed by atoms with van der Waals surface area (Å²) in [5.74, 6) is 0.173.